The maximum atomic E-state index is 6.10. The zero-order valence-electron chi connectivity index (χ0n) is 18.7. The van der Waals surface area contributed by atoms with Gasteiger partial charge in [0.2, 0.25) is 0 Å². The lowest BCUT2D eigenvalue weighted by Gasteiger charge is -2.11. The number of pyridine rings is 1. The maximum absolute atomic E-state index is 6.10. The number of nitrogens with one attached hydrogen (secondary N) is 1. The van der Waals surface area contributed by atoms with Crippen LogP contribution in [-0.4, -0.2) is 68.6 Å². The van der Waals surface area contributed by atoms with Gasteiger partial charge >= 0.3 is 0 Å². The first-order valence-electron chi connectivity index (χ1n) is 10.5. The molecule has 0 saturated carbocycles. The fraction of sp³-hybridized carbons (Fsp3) is 0.217. The Morgan fingerprint density at radius 3 is 2.85 bits per heavy atom. The van der Waals surface area contributed by atoms with E-state index in [9.17, 15) is 0 Å². The van der Waals surface area contributed by atoms with Crippen LogP contribution in [0, 0.1) is 0 Å². The summed E-state index contributed by atoms with van der Waals surface area (Å²) in [6.45, 7) is 1.61. The average Bonchev–Trinajstić information content (AvgIpc) is 3.40. The molecule has 0 amide bonds. The largest absolute Gasteiger partial charge is 0.494 e. The summed E-state index contributed by atoms with van der Waals surface area (Å²) in [6, 6.07) is 9.34. The molecule has 0 spiro atoms. The number of ether oxygens (including phenoxy) is 1. The van der Waals surface area contributed by atoms with Gasteiger partial charge in [0.15, 0.2) is 11.5 Å². The molecule has 0 aliphatic rings. The van der Waals surface area contributed by atoms with Crippen LogP contribution < -0.4 is 15.8 Å². The Hall–Kier alpha value is -4.18. The number of methoxy groups -OCH3 is 1. The lowest BCUT2D eigenvalue weighted by molar-refractivity contribution is 0.412. The van der Waals surface area contributed by atoms with Gasteiger partial charge in [-0.2, -0.15) is 5.10 Å². The number of aromatic nitrogens is 6. The van der Waals surface area contributed by atoms with Gasteiger partial charge in [-0.3, -0.25) is 4.98 Å². The van der Waals surface area contributed by atoms with Crippen molar-refractivity contribution in [1.29, 1.82) is 0 Å². The Morgan fingerprint density at radius 2 is 2.03 bits per heavy atom. The van der Waals surface area contributed by atoms with Crippen molar-refractivity contribution in [3.05, 3.63) is 55.1 Å². The molecule has 10 heteroatoms. The van der Waals surface area contributed by atoms with Crippen molar-refractivity contribution in [2.45, 2.75) is 0 Å². The van der Waals surface area contributed by atoms with Crippen molar-refractivity contribution in [1.82, 2.24) is 34.3 Å². The van der Waals surface area contributed by atoms with Crippen LogP contribution in [0.15, 0.2) is 55.1 Å². The van der Waals surface area contributed by atoms with Crippen molar-refractivity contribution in [3.8, 4) is 22.7 Å². The molecular formula is C23H25N9O. The third-order valence-electron chi connectivity index (χ3n) is 5.40. The van der Waals surface area contributed by atoms with Gasteiger partial charge in [0, 0.05) is 37.4 Å². The third kappa shape index (κ3) is 3.80. The van der Waals surface area contributed by atoms with Crippen molar-refractivity contribution in [2.75, 3.05) is 45.3 Å². The second-order valence-corrected chi connectivity index (χ2v) is 7.95. The highest BCUT2D eigenvalue weighted by Crippen LogP contribution is 2.33. The summed E-state index contributed by atoms with van der Waals surface area (Å²) >= 11 is 0. The van der Waals surface area contributed by atoms with Gasteiger partial charge in [0.05, 0.1) is 35.5 Å². The highest BCUT2D eigenvalue weighted by atomic mass is 16.5. The summed E-state index contributed by atoms with van der Waals surface area (Å²) in [5.41, 5.74) is 10.7. The molecular weight excluding hydrogens is 418 g/mol. The number of fused-ring (bicyclic) bond motifs is 2. The van der Waals surface area contributed by atoms with Crippen molar-refractivity contribution in [2.24, 2.45) is 0 Å². The molecule has 0 aliphatic carbocycles. The van der Waals surface area contributed by atoms with E-state index in [0.717, 1.165) is 52.4 Å². The minimum atomic E-state index is 0.623. The number of nitrogens with zero attached hydrogens (tertiary/aromatic N) is 7. The van der Waals surface area contributed by atoms with Crippen molar-refractivity contribution in [3.63, 3.8) is 0 Å². The Morgan fingerprint density at radius 1 is 1.15 bits per heavy atom. The molecule has 1 aromatic carbocycles. The van der Waals surface area contributed by atoms with E-state index in [-0.39, 0.29) is 0 Å². The average molecular weight is 444 g/mol. The molecule has 4 heterocycles. The third-order valence-corrected chi connectivity index (χ3v) is 5.40. The molecule has 0 unspecified atom stereocenters. The lowest BCUT2D eigenvalue weighted by Crippen LogP contribution is -2.21. The standard InChI is InChI=1S/C23H25N9O/c1-30(2)10-8-25-22-17-13-27-18(16-14-28-31-9-4-7-26-23(16)31)12-19(17)32(29-22)20-11-15(24)5-6-21(20)33-3/h4-7,9,11-14H,8,10,24H2,1-3H3,(H,25,29). The molecule has 4 aromatic heterocycles. The van der Waals surface area contributed by atoms with Gasteiger partial charge in [-0.25, -0.2) is 14.2 Å². The van der Waals surface area contributed by atoms with Gasteiger partial charge < -0.3 is 20.7 Å². The number of hydrogen-bond donors (Lipinski definition) is 2. The minimum absolute atomic E-state index is 0.623. The van der Waals surface area contributed by atoms with Crippen LogP contribution in [0.25, 0.3) is 33.5 Å². The Bertz CT molecular complexity index is 1440. The summed E-state index contributed by atoms with van der Waals surface area (Å²) in [7, 11) is 5.71. The zero-order valence-corrected chi connectivity index (χ0v) is 18.7. The van der Waals surface area contributed by atoms with Crippen LogP contribution in [0.1, 0.15) is 0 Å². The summed E-state index contributed by atoms with van der Waals surface area (Å²) in [5, 5.41) is 13.6. The van der Waals surface area contributed by atoms with E-state index in [1.165, 1.54) is 0 Å². The predicted molar refractivity (Wildman–Crippen MR) is 129 cm³/mol. The second-order valence-electron chi connectivity index (χ2n) is 7.95. The predicted octanol–water partition coefficient (Wildman–Crippen LogP) is 2.69. The molecule has 10 nitrogen and oxygen atoms in total. The van der Waals surface area contributed by atoms with Crippen LogP contribution in [0.2, 0.25) is 0 Å². The van der Waals surface area contributed by atoms with E-state index < -0.39 is 0 Å². The second kappa shape index (κ2) is 8.40. The van der Waals surface area contributed by atoms with Crippen LogP contribution in [-0.2, 0) is 0 Å². The molecule has 3 N–H and O–H groups in total. The highest BCUT2D eigenvalue weighted by Gasteiger charge is 2.18. The van der Waals surface area contributed by atoms with E-state index in [2.05, 4.69) is 20.3 Å². The minimum Gasteiger partial charge on any atom is -0.494 e. The molecule has 0 atom stereocenters. The van der Waals surface area contributed by atoms with Gasteiger partial charge in [-0.15, -0.1) is 5.10 Å². The van der Waals surface area contributed by atoms with Gasteiger partial charge in [-0.05, 0) is 44.4 Å². The van der Waals surface area contributed by atoms with E-state index in [1.54, 1.807) is 24.0 Å². The number of likely N-dealkylation sites (N-methyl/N-ethyl adjacent to an activating group) is 1. The number of hydrogen-bond acceptors (Lipinski definition) is 8. The first-order valence-corrected chi connectivity index (χ1v) is 10.5. The van der Waals surface area contributed by atoms with E-state index in [4.69, 9.17) is 20.6 Å². The topological polar surface area (TPSA) is 111 Å². The van der Waals surface area contributed by atoms with E-state index in [1.807, 2.05) is 61.5 Å². The number of benzene rings is 1. The molecule has 0 aliphatic heterocycles. The summed E-state index contributed by atoms with van der Waals surface area (Å²) in [6.07, 6.45) is 7.21. The van der Waals surface area contributed by atoms with Crippen LogP contribution >= 0.6 is 0 Å². The Balaban J connectivity index is 1.69. The smallest absolute Gasteiger partial charge is 0.164 e. The molecule has 33 heavy (non-hydrogen) atoms. The van der Waals surface area contributed by atoms with Crippen molar-refractivity contribution < 1.29 is 4.74 Å². The number of rotatable bonds is 7. The molecule has 168 valence electrons. The maximum Gasteiger partial charge on any atom is 0.164 e. The van der Waals surface area contributed by atoms with E-state index in [0.29, 0.717) is 11.4 Å². The Labute approximate surface area is 190 Å². The SMILES string of the molecule is COc1ccc(N)cc1-n1nc(NCCN(C)C)c2cnc(-c3cnn4cccnc34)cc21. The van der Waals surface area contributed by atoms with E-state index >= 15 is 0 Å². The summed E-state index contributed by atoms with van der Waals surface area (Å²) < 4.78 is 9.17. The summed E-state index contributed by atoms with van der Waals surface area (Å²) in [5.74, 6) is 1.41. The normalized spacial score (nSPS) is 11.5. The number of nitrogen functional groups attached to an aromatic ring is 1. The van der Waals surface area contributed by atoms with Gasteiger partial charge in [-0.1, -0.05) is 0 Å². The zero-order chi connectivity index (χ0) is 22.9. The first kappa shape index (κ1) is 20.7. The molecule has 0 fully saturated rings. The first-order chi connectivity index (χ1) is 16.0. The van der Waals surface area contributed by atoms with Crippen LogP contribution in [0.3, 0.4) is 0 Å². The lowest BCUT2D eigenvalue weighted by atomic mass is 10.2. The molecule has 5 aromatic rings. The Kier molecular flexibility index (Phi) is 5.27. The summed E-state index contributed by atoms with van der Waals surface area (Å²) in [4.78, 5) is 11.3. The fourth-order valence-electron chi connectivity index (χ4n) is 3.75. The molecule has 0 radical (unpaired) electrons. The highest BCUT2D eigenvalue weighted by molar-refractivity contribution is 5.94. The van der Waals surface area contributed by atoms with Gasteiger partial charge in [0.1, 0.15) is 11.4 Å². The molecule has 0 bridgehead atoms. The van der Waals surface area contributed by atoms with Crippen molar-refractivity contribution >= 4 is 28.1 Å². The number of anilines is 2. The monoisotopic (exact) mass is 443 g/mol. The molecule has 5 rings (SSSR count). The fourth-order valence-corrected chi connectivity index (χ4v) is 3.75. The quantitative estimate of drug-likeness (QED) is 0.369. The number of nitrogens with two attached hydrogens (primary N) is 1. The molecule has 0 saturated heterocycles. The van der Waals surface area contributed by atoms with Crippen LogP contribution in [0.5, 0.6) is 5.75 Å². The van der Waals surface area contributed by atoms with Crippen LogP contribution in [0.4, 0.5) is 11.5 Å². The van der Waals surface area contributed by atoms with Gasteiger partial charge in [0.25, 0.3) is 0 Å².